The highest BCUT2D eigenvalue weighted by Crippen LogP contribution is 2.33. The molecule has 0 saturated heterocycles. The van der Waals surface area contributed by atoms with Crippen molar-refractivity contribution in [1.29, 1.82) is 0 Å². The zero-order valence-corrected chi connectivity index (χ0v) is 9.87. The van der Waals surface area contributed by atoms with Crippen molar-refractivity contribution in [3.8, 4) is 0 Å². The van der Waals surface area contributed by atoms with Crippen LogP contribution in [0, 0.1) is 0 Å². The van der Waals surface area contributed by atoms with Gasteiger partial charge in [0.2, 0.25) is 0 Å². The van der Waals surface area contributed by atoms with Crippen molar-refractivity contribution >= 4 is 23.3 Å². The lowest BCUT2D eigenvalue weighted by atomic mass is 10.1. The number of benzene rings is 1. The van der Waals surface area contributed by atoms with E-state index >= 15 is 0 Å². The predicted molar refractivity (Wildman–Crippen MR) is 67.6 cm³/mol. The Bertz CT molecular complexity index is 457. The Hall–Kier alpha value is -1.88. The average Bonchev–Trinajstić information content (AvgIpc) is 2.34. The van der Waals surface area contributed by atoms with E-state index in [4.69, 9.17) is 9.94 Å². The zero-order valence-electron chi connectivity index (χ0n) is 9.87. The smallest absolute Gasteiger partial charge is 0.174 e. The van der Waals surface area contributed by atoms with Crippen LogP contribution in [0.4, 0.5) is 11.4 Å². The van der Waals surface area contributed by atoms with Crippen molar-refractivity contribution < 1.29 is 9.94 Å². The monoisotopic (exact) mass is 233 g/mol. The maximum Gasteiger partial charge on any atom is 0.174 e. The predicted octanol–water partition coefficient (Wildman–Crippen LogP) is 2.03. The van der Waals surface area contributed by atoms with Gasteiger partial charge in [-0.1, -0.05) is 17.3 Å². The van der Waals surface area contributed by atoms with Crippen molar-refractivity contribution in [3.63, 3.8) is 0 Å². The Morgan fingerprint density at radius 2 is 2.29 bits per heavy atom. The van der Waals surface area contributed by atoms with Crippen LogP contribution in [0.5, 0.6) is 0 Å². The molecule has 1 N–H and O–H groups in total. The van der Waals surface area contributed by atoms with Crippen LogP contribution in [0.15, 0.2) is 34.4 Å². The molecule has 1 aliphatic heterocycles. The van der Waals surface area contributed by atoms with Gasteiger partial charge >= 0.3 is 0 Å². The molecule has 0 amide bonds. The van der Waals surface area contributed by atoms with E-state index in [2.05, 4.69) is 10.1 Å². The van der Waals surface area contributed by atoms with E-state index in [0.717, 1.165) is 11.4 Å². The number of nitrogens with zero attached hydrogens (tertiary/aromatic N) is 3. The van der Waals surface area contributed by atoms with Gasteiger partial charge in [-0.15, -0.1) is 0 Å². The quantitative estimate of drug-likeness (QED) is 0.493. The van der Waals surface area contributed by atoms with Gasteiger partial charge in [0, 0.05) is 13.7 Å². The number of hydrogen-bond donors (Lipinski definition) is 1. The van der Waals surface area contributed by atoms with Crippen LogP contribution in [0.2, 0.25) is 0 Å². The minimum absolute atomic E-state index is 0.314. The third-order valence-corrected chi connectivity index (χ3v) is 2.63. The molecule has 2 rings (SSSR count). The fourth-order valence-corrected chi connectivity index (χ4v) is 1.88. The first-order valence-electron chi connectivity index (χ1n) is 5.47. The Morgan fingerprint density at radius 3 is 3.00 bits per heavy atom. The first-order valence-corrected chi connectivity index (χ1v) is 5.47. The van der Waals surface area contributed by atoms with Gasteiger partial charge in [-0.3, -0.25) is 0 Å². The lowest BCUT2D eigenvalue weighted by Crippen LogP contribution is -2.43. The summed E-state index contributed by atoms with van der Waals surface area (Å²) in [5.41, 5.74) is 2.44. The maximum atomic E-state index is 8.65. The summed E-state index contributed by atoms with van der Waals surface area (Å²) in [7, 11) is 1.93. The fraction of sp³-hybridized carbons (Fsp3) is 0.333. The molecule has 0 aromatic heterocycles. The van der Waals surface area contributed by atoms with Crippen LogP contribution in [-0.2, 0) is 4.74 Å². The van der Waals surface area contributed by atoms with Gasteiger partial charge in [-0.25, -0.2) is 4.99 Å². The highest BCUT2D eigenvalue weighted by Gasteiger charge is 2.26. The van der Waals surface area contributed by atoms with E-state index in [1.807, 2.05) is 43.1 Å². The molecule has 5 nitrogen and oxygen atoms in total. The number of hydrogen-bond acceptors (Lipinski definition) is 5. The molecule has 1 atom stereocenters. The van der Waals surface area contributed by atoms with Crippen LogP contribution < -0.4 is 4.90 Å². The number of aliphatic imine (C=N–C) groups is 1. The van der Waals surface area contributed by atoms with Gasteiger partial charge < -0.3 is 14.8 Å². The van der Waals surface area contributed by atoms with Crippen LogP contribution in [0.1, 0.15) is 6.92 Å². The van der Waals surface area contributed by atoms with Crippen LogP contribution in [0.3, 0.4) is 0 Å². The molecule has 0 saturated carbocycles. The molecule has 0 radical (unpaired) electrons. The molecule has 1 heterocycles. The molecule has 90 valence electrons. The molecule has 1 aliphatic rings. The summed E-state index contributed by atoms with van der Waals surface area (Å²) in [5.74, 6) is 0. The first-order chi connectivity index (χ1) is 8.27. The van der Waals surface area contributed by atoms with Crippen molar-refractivity contribution in [2.75, 3.05) is 18.6 Å². The van der Waals surface area contributed by atoms with Gasteiger partial charge in [0.25, 0.3) is 0 Å². The Labute approximate surface area is 100 Å². The summed E-state index contributed by atoms with van der Waals surface area (Å²) >= 11 is 0. The highest BCUT2D eigenvalue weighted by atomic mass is 16.5. The van der Waals surface area contributed by atoms with Gasteiger partial charge in [-0.2, -0.15) is 0 Å². The lowest BCUT2D eigenvalue weighted by Gasteiger charge is -2.33. The third kappa shape index (κ3) is 2.14. The van der Waals surface area contributed by atoms with Crippen LogP contribution in [-0.4, -0.2) is 37.0 Å². The molecule has 0 fully saturated rings. The van der Waals surface area contributed by atoms with E-state index < -0.39 is 0 Å². The largest absolute Gasteiger partial charge is 0.411 e. The average molecular weight is 233 g/mol. The Kier molecular flexibility index (Phi) is 3.39. The van der Waals surface area contributed by atoms with Crippen LogP contribution in [0.25, 0.3) is 0 Å². The lowest BCUT2D eigenvalue weighted by molar-refractivity contribution is 0.111. The van der Waals surface area contributed by atoms with Crippen molar-refractivity contribution in [1.82, 2.24) is 0 Å². The summed E-state index contributed by atoms with van der Waals surface area (Å²) in [4.78, 5) is 6.40. The third-order valence-electron chi connectivity index (χ3n) is 2.63. The van der Waals surface area contributed by atoms with E-state index in [9.17, 15) is 0 Å². The second-order valence-electron chi connectivity index (χ2n) is 3.69. The zero-order chi connectivity index (χ0) is 12.3. The molecule has 0 bridgehead atoms. The second-order valence-corrected chi connectivity index (χ2v) is 3.69. The van der Waals surface area contributed by atoms with Crippen molar-refractivity contribution in [3.05, 3.63) is 24.3 Å². The summed E-state index contributed by atoms with van der Waals surface area (Å²) in [6.07, 6.45) is 0.998. The number of anilines is 1. The number of para-hydroxylation sites is 2. The first kappa shape index (κ1) is 11.6. The van der Waals surface area contributed by atoms with Crippen molar-refractivity contribution in [2.24, 2.45) is 10.1 Å². The molecular weight excluding hydrogens is 218 g/mol. The van der Waals surface area contributed by atoms with E-state index in [-0.39, 0.29) is 6.23 Å². The molecule has 1 aromatic carbocycles. The summed E-state index contributed by atoms with van der Waals surface area (Å²) in [6.45, 7) is 2.48. The fourth-order valence-electron chi connectivity index (χ4n) is 1.88. The maximum absolute atomic E-state index is 8.65. The van der Waals surface area contributed by atoms with Gasteiger partial charge in [0.15, 0.2) is 6.23 Å². The second kappa shape index (κ2) is 4.97. The molecule has 17 heavy (non-hydrogen) atoms. The number of rotatable bonds is 3. The topological polar surface area (TPSA) is 57.4 Å². The molecular formula is C12H15N3O2. The minimum atomic E-state index is -0.314. The molecule has 5 heteroatoms. The normalized spacial score (nSPS) is 19.3. The summed E-state index contributed by atoms with van der Waals surface area (Å²) in [6, 6.07) is 7.78. The SMILES string of the molecule is CCOC1C(C=NO)=Nc2ccccc2N1C. The summed E-state index contributed by atoms with van der Waals surface area (Å²) < 4.78 is 5.61. The van der Waals surface area contributed by atoms with Crippen molar-refractivity contribution in [2.45, 2.75) is 13.2 Å². The Balaban J connectivity index is 2.45. The van der Waals surface area contributed by atoms with Crippen LogP contribution >= 0.6 is 0 Å². The minimum Gasteiger partial charge on any atom is -0.411 e. The van der Waals surface area contributed by atoms with Gasteiger partial charge in [0.05, 0.1) is 17.6 Å². The molecule has 0 spiro atoms. The molecule has 0 aliphatic carbocycles. The Morgan fingerprint density at radius 1 is 1.53 bits per heavy atom. The number of fused-ring (bicyclic) bond motifs is 1. The van der Waals surface area contributed by atoms with E-state index in [1.165, 1.54) is 6.21 Å². The number of oxime groups is 1. The van der Waals surface area contributed by atoms with E-state index in [1.54, 1.807) is 0 Å². The highest BCUT2D eigenvalue weighted by molar-refractivity contribution is 6.34. The molecule has 1 aromatic rings. The standard InChI is InChI=1S/C12H15N3O2/c1-3-17-12-10(8-13-16)14-9-6-4-5-7-11(9)15(12)2/h4-8,12,16H,3H2,1-2H3. The molecule has 1 unspecified atom stereocenters. The van der Waals surface area contributed by atoms with Gasteiger partial charge in [-0.05, 0) is 19.1 Å². The summed E-state index contributed by atoms with van der Waals surface area (Å²) in [5, 5.41) is 11.7. The number of ether oxygens (including phenoxy) is 1. The van der Waals surface area contributed by atoms with E-state index in [0.29, 0.717) is 12.3 Å². The van der Waals surface area contributed by atoms with Gasteiger partial charge in [0.1, 0.15) is 5.71 Å².